The first-order valence-corrected chi connectivity index (χ1v) is 11.4. The molecular weight excluding hydrogens is 414 g/mol. The summed E-state index contributed by atoms with van der Waals surface area (Å²) in [6.07, 6.45) is 4.04. The maximum Gasteiger partial charge on any atom is 0.272 e. The van der Waals surface area contributed by atoms with Crippen molar-refractivity contribution in [1.29, 1.82) is 0 Å². The number of nitrogens with zero attached hydrogens (tertiary/aromatic N) is 3. The van der Waals surface area contributed by atoms with Crippen LogP contribution in [-0.2, 0) is 10.8 Å². The maximum absolute atomic E-state index is 12.6. The number of rotatable bonds is 4. The number of hydrogen-bond donors (Lipinski definition) is 2. The number of aromatic nitrogens is 4. The Kier molecular flexibility index (Phi) is 4.95. The van der Waals surface area contributed by atoms with Crippen LogP contribution in [0.2, 0.25) is 0 Å². The smallest absolute Gasteiger partial charge is 0.272 e. The molecule has 2 aromatic heterocycles. The molecule has 0 bridgehead atoms. The molecule has 9 heteroatoms. The SMILES string of the molecule is O=C(Nc1ccc(-c2n[nH]c(=O)c3ccccc23)cc1)c1cnn(C2CCS(=O)C2)c1. The van der Waals surface area contributed by atoms with Crippen LogP contribution in [0, 0.1) is 0 Å². The third kappa shape index (κ3) is 3.79. The summed E-state index contributed by atoms with van der Waals surface area (Å²) in [5, 5.41) is 15.2. The molecule has 8 nitrogen and oxygen atoms in total. The van der Waals surface area contributed by atoms with Crippen LogP contribution in [0.4, 0.5) is 5.69 Å². The van der Waals surface area contributed by atoms with Crippen molar-refractivity contribution >= 4 is 33.2 Å². The van der Waals surface area contributed by atoms with Crippen LogP contribution in [0.15, 0.2) is 65.7 Å². The Bertz CT molecular complexity index is 1360. The van der Waals surface area contributed by atoms with Gasteiger partial charge in [0.15, 0.2) is 0 Å². The Balaban J connectivity index is 1.34. The molecule has 3 heterocycles. The molecule has 4 aromatic rings. The summed E-state index contributed by atoms with van der Waals surface area (Å²) < 4.78 is 13.3. The monoisotopic (exact) mass is 433 g/mol. The molecule has 1 aliphatic heterocycles. The minimum Gasteiger partial charge on any atom is -0.322 e. The highest BCUT2D eigenvalue weighted by molar-refractivity contribution is 7.85. The molecule has 156 valence electrons. The second-order valence-electron chi connectivity index (χ2n) is 7.44. The molecule has 1 aliphatic rings. The van der Waals surface area contributed by atoms with E-state index in [1.807, 2.05) is 30.3 Å². The summed E-state index contributed by atoms with van der Waals surface area (Å²) in [4.78, 5) is 24.6. The van der Waals surface area contributed by atoms with Crippen molar-refractivity contribution in [3.8, 4) is 11.3 Å². The van der Waals surface area contributed by atoms with E-state index in [9.17, 15) is 13.8 Å². The fourth-order valence-corrected chi connectivity index (χ4v) is 5.21. The van der Waals surface area contributed by atoms with Crippen LogP contribution in [0.1, 0.15) is 22.8 Å². The lowest BCUT2D eigenvalue weighted by Gasteiger charge is -2.08. The van der Waals surface area contributed by atoms with Crippen LogP contribution < -0.4 is 10.9 Å². The highest BCUT2D eigenvalue weighted by Gasteiger charge is 2.24. The predicted octanol–water partition coefficient (Wildman–Crippen LogP) is 2.73. The lowest BCUT2D eigenvalue weighted by molar-refractivity contribution is 0.102. The summed E-state index contributed by atoms with van der Waals surface area (Å²) in [5.41, 5.74) is 2.36. The average Bonchev–Trinajstić information content (AvgIpc) is 3.44. The lowest BCUT2D eigenvalue weighted by Crippen LogP contribution is -2.12. The third-order valence-corrected chi connectivity index (χ3v) is 6.85. The number of nitrogens with one attached hydrogen (secondary N) is 2. The van der Waals surface area contributed by atoms with Gasteiger partial charge < -0.3 is 5.32 Å². The van der Waals surface area contributed by atoms with E-state index in [4.69, 9.17) is 0 Å². The van der Waals surface area contributed by atoms with Gasteiger partial charge in [0.1, 0.15) is 0 Å². The number of carbonyl (C=O) groups excluding carboxylic acids is 1. The Morgan fingerprint density at radius 1 is 1.13 bits per heavy atom. The highest BCUT2D eigenvalue weighted by atomic mass is 32.2. The summed E-state index contributed by atoms with van der Waals surface area (Å²) >= 11 is 0. The van der Waals surface area contributed by atoms with Gasteiger partial charge in [0.2, 0.25) is 0 Å². The molecule has 2 aromatic carbocycles. The van der Waals surface area contributed by atoms with Crippen LogP contribution in [0.25, 0.3) is 22.0 Å². The fraction of sp³-hybridized carbons (Fsp3) is 0.182. The van der Waals surface area contributed by atoms with Crippen molar-refractivity contribution in [1.82, 2.24) is 20.0 Å². The van der Waals surface area contributed by atoms with Crippen molar-refractivity contribution < 1.29 is 9.00 Å². The number of carbonyl (C=O) groups is 1. The van der Waals surface area contributed by atoms with E-state index < -0.39 is 10.8 Å². The summed E-state index contributed by atoms with van der Waals surface area (Å²) in [6, 6.07) is 14.7. The van der Waals surface area contributed by atoms with E-state index in [0.29, 0.717) is 33.8 Å². The van der Waals surface area contributed by atoms with Gasteiger partial charge in [-0.25, -0.2) is 5.10 Å². The van der Waals surface area contributed by atoms with Crippen molar-refractivity contribution in [2.45, 2.75) is 12.5 Å². The Morgan fingerprint density at radius 2 is 1.90 bits per heavy atom. The van der Waals surface area contributed by atoms with E-state index in [0.717, 1.165) is 17.4 Å². The summed E-state index contributed by atoms with van der Waals surface area (Å²) in [5.74, 6) is 1.00. The maximum atomic E-state index is 12.6. The highest BCUT2D eigenvalue weighted by Crippen LogP contribution is 2.26. The second-order valence-corrected chi connectivity index (χ2v) is 9.06. The van der Waals surface area contributed by atoms with Gasteiger partial charge in [-0.2, -0.15) is 10.2 Å². The van der Waals surface area contributed by atoms with Gasteiger partial charge in [-0.1, -0.05) is 30.3 Å². The molecule has 0 spiro atoms. The molecule has 2 atom stereocenters. The fourth-order valence-electron chi connectivity index (χ4n) is 3.76. The number of anilines is 1. The topological polar surface area (TPSA) is 110 Å². The zero-order valence-corrected chi connectivity index (χ0v) is 17.3. The van der Waals surface area contributed by atoms with Gasteiger partial charge in [0, 0.05) is 45.1 Å². The van der Waals surface area contributed by atoms with Gasteiger partial charge in [-0.3, -0.25) is 18.5 Å². The van der Waals surface area contributed by atoms with Crippen molar-refractivity contribution in [2.75, 3.05) is 16.8 Å². The average molecular weight is 433 g/mol. The minimum absolute atomic E-state index is 0.0845. The molecule has 1 fully saturated rings. The predicted molar refractivity (Wildman–Crippen MR) is 120 cm³/mol. The first-order valence-electron chi connectivity index (χ1n) is 9.87. The molecule has 0 saturated carbocycles. The largest absolute Gasteiger partial charge is 0.322 e. The summed E-state index contributed by atoms with van der Waals surface area (Å²) in [7, 11) is -0.801. The van der Waals surface area contributed by atoms with Crippen LogP contribution in [-0.4, -0.2) is 41.6 Å². The number of benzene rings is 2. The molecule has 5 rings (SSSR count). The number of hydrogen-bond acceptors (Lipinski definition) is 5. The van der Waals surface area contributed by atoms with E-state index in [-0.39, 0.29) is 17.5 Å². The van der Waals surface area contributed by atoms with Crippen LogP contribution in [0.5, 0.6) is 0 Å². The molecular formula is C22H19N5O3S. The standard InChI is InChI=1S/C22H19N5O3S/c28-21(15-11-23-27(12-15)17-9-10-31(30)13-17)24-16-7-5-14(6-8-16)20-18-3-1-2-4-19(18)22(29)26-25-20/h1-8,11-12,17H,9-10,13H2,(H,24,28)(H,26,29). The Labute approximate surface area is 179 Å². The normalized spacial score (nSPS) is 18.3. The molecule has 1 saturated heterocycles. The molecule has 2 unspecified atom stereocenters. The van der Waals surface area contributed by atoms with E-state index >= 15 is 0 Å². The molecule has 2 N–H and O–H groups in total. The van der Waals surface area contributed by atoms with Gasteiger partial charge >= 0.3 is 0 Å². The molecule has 0 aliphatic carbocycles. The zero-order valence-electron chi connectivity index (χ0n) is 16.4. The Hall–Kier alpha value is -3.59. The quantitative estimate of drug-likeness (QED) is 0.514. The molecule has 1 amide bonds. The first-order chi connectivity index (χ1) is 15.1. The molecule has 31 heavy (non-hydrogen) atoms. The van der Waals surface area contributed by atoms with E-state index in [2.05, 4.69) is 20.6 Å². The van der Waals surface area contributed by atoms with Gasteiger partial charge in [-0.05, 0) is 24.6 Å². The van der Waals surface area contributed by atoms with Gasteiger partial charge in [0.25, 0.3) is 11.5 Å². The lowest BCUT2D eigenvalue weighted by atomic mass is 10.0. The summed E-state index contributed by atoms with van der Waals surface area (Å²) in [6.45, 7) is 0. The van der Waals surface area contributed by atoms with Gasteiger partial charge in [0.05, 0.1) is 28.9 Å². The molecule has 0 radical (unpaired) electrons. The minimum atomic E-state index is -0.801. The number of aromatic amines is 1. The van der Waals surface area contributed by atoms with Crippen LogP contribution >= 0.6 is 0 Å². The van der Waals surface area contributed by atoms with Crippen LogP contribution in [0.3, 0.4) is 0 Å². The zero-order chi connectivity index (χ0) is 21.4. The number of H-pyrrole nitrogens is 1. The second kappa shape index (κ2) is 7.92. The Morgan fingerprint density at radius 3 is 2.65 bits per heavy atom. The van der Waals surface area contributed by atoms with Crippen molar-refractivity contribution in [3.63, 3.8) is 0 Å². The van der Waals surface area contributed by atoms with Crippen molar-refractivity contribution in [2.24, 2.45) is 0 Å². The van der Waals surface area contributed by atoms with Gasteiger partial charge in [-0.15, -0.1) is 0 Å². The van der Waals surface area contributed by atoms with E-state index in [1.54, 1.807) is 29.1 Å². The van der Waals surface area contributed by atoms with Crippen molar-refractivity contribution in [3.05, 3.63) is 76.8 Å². The number of fused-ring (bicyclic) bond motifs is 1. The number of amides is 1. The first kappa shape index (κ1) is 19.4. The third-order valence-electron chi connectivity index (χ3n) is 5.41. The van der Waals surface area contributed by atoms with E-state index in [1.165, 1.54) is 6.20 Å².